The first-order valence-electron chi connectivity index (χ1n) is 5.21. The maximum Gasteiger partial charge on any atom is 0.163 e. The average Bonchev–Trinajstić information content (AvgIpc) is 2.68. The highest BCUT2D eigenvalue weighted by Crippen LogP contribution is 2.34. The van der Waals surface area contributed by atoms with Gasteiger partial charge >= 0.3 is 0 Å². The number of fused-ring (bicyclic) bond motifs is 2. The summed E-state index contributed by atoms with van der Waals surface area (Å²) in [5.74, 6) is 1.99. The normalized spacial score (nSPS) is 16.4. The smallest absolute Gasteiger partial charge is 0.163 e. The Kier molecular flexibility index (Phi) is 2.00. The molecule has 0 saturated heterocycles. The maximum absolute atomic E-state index is 9.43. The lowest BCUT2D eigenvalue weighted by molar-refractivity contribution is 0.172. The first-order valence-corrected chi connectivity index (χ1v) is 5.21. The molecule has 1 aliphatic rings. The molecule has 16 heavy (non-hydrogen) atoms. The van der Waals surface area contributed by atoms with Gasteiger partial charge in [0.25, 0.3) is 0 Å². The van der Waals surface area contributed by atoms with Gasteiger partial charge in [0.15, 0.2) is 11.5 Å². The third kappa shape index (κ3) is 1.40. The van der Waals surface area contributed by atoms with Crippen LogP contribution in [-0.4, -0.2) is 28.3 Å². The van der Waals surface area contributed by atoms with Gasteiger partial charge in [-0.3, -0.25) is 0 Å². The number of aliphatic hydroxyl groups is 1. The van der Waals surface area contributed by atoms with Crippen LogP contribution >= 0.6 is 0 Å². The van der Waals surface area contributed by atoms with Crippen LogP contribution in [0.2, 0.25) is 0 Å². The number of benzene rings is 1. The van der Waals surface area contributed by atoms with E-state index >= 15 is 0 Å². The van der Waals surface area contributed by atoms with Crippen LogP contribution in [0.15, 0.2) is 12.1 Å². The molecule has 0 aliphatic carbocycles. The highest BCUT2D eigenvalue weighted by molar-refractivity contribution is 5.80. The summed E-state index contributed by atoms with van der Waals surface area (Å²) in [4.78, 5) is 7.33. The van der Waals surface area contributed by atoms with E-state index in [2.05, 4.69) is 9.97 Å². The predicted octanol–water partition coefficient (Wildman–Crippen LogP) is 1.39. The summed E-state index contributed by atoms with van der Waals surface area (Å²) in [6.45, 7) is 2.80. The summed E-state index contributed by atoms with van der Waals surface area (Å²) in [6, 6.07) is 3.68. The Balaban J connectivity index is 2.16. The topological polar surface area (TPSA) is 67.4 Å². The SMILES string of the molecule is C[C@H](O)c1nc2cc3c(cc2[nH]1)OCCO3. The van der Waals surface area contributed by atoms with Crippen molar-refractivity contribution in [3.05, 3.63) is 18.0 Å². The van der Waals surface area contributed by atoms with E-state index in [0.29, 0.717) is 24.8 Å². The van der Waals surface area contributed by atoms with Gasteiger partial charge in [-0.2, -0.15) is 0 Å². The number of hydrogen-bond acceptors (Lipinski definition) is 4. The fraction of sp³-hybridized carbons (Fsp3) is 0.364. The summed E-state index contributed by atoms with van der Waals surface area (Å²) in [7, 11) is 0. The molecule has 2 aromatic rings. The Hall–Kier alpha value is -1.75. The van der Waals surface area contributed by atoms with Crippen molar-refractivity contribution < 1.29 is 14.6 Å². The summed E-state index contributed by atoms with van der Waals surface area (Å²) in [6.07, 6.45) is -0.605. The second kappa shape index (κ2) is 3.38. The van der Waals surface area contributed by atoms with Gasteiger partial charge < -0.3 is 19.6 Å². The second-order valence-corrected chi connectivity index (χ2v) is 3.81. The van der Waals surface area contributed by atoms with Gasteiger partial charge in [0, 0.05) is 12.1 Å². The summed E-state index contributed by atoms with van der Waals surface area (Å²) in [5.41, 5.74) is 1.63. The Labute approximate surface area is 92.0 Å². The van der Waals surface area contributed by atoms with Crippen molar-refractivity contribution in [3.63, 3.8) is 0 Å². The second-order valence-electron chi connectivity index (χ2n) is 3.81. The molecule has 1 aliphatic heterocycles. The lowest BCUT2D eigenvalue weighted by atomic mass is 10.2. The Morgan fingerprint density at radius 1 is 1.31 bits per heavy atom. The minimum absolute atomic E-state index is 0.553. The van der Waals surface area contributed by atoms with Crippen LogP contribution in [0.25, 0.3) is 11.0 Å². The summed E-state index contributed by atoms with van der Waals surface area (Å²) < 4.78 is 10.9. The van der Waals surface area contributed by atoms with Crippen LogP contribution in [0, 0.1) is 0 Å². The molecule has 1 aromatic heterocycles. The molecule has 1 atom stereocenters. The van der Waals surface area contributed by atoms with Crippen molar-refractivity contribution in [1.82, 2.24) is 9.97 Å². The van der Waals surface area contributed by atoms with Crippen molar-refractivity contribution in [3.8, 4) is 11.5 Å². The van der Waals surface area contributed by atoms with Crippen LogP contribution in [0.3, 0.4) is 0 Å². The molecule has 3 rings (SSSR count). The van der Waals surface area contributed by atoms with E-state index in [1.807, 2.05) is 12.1 Å². The number of H-pyrrole nitrogens is 1. The molecule has 0 radical (unpaired) electrons. The van der Waals surface area contributed by atoms with Crippen molar-refractivity contribution in [2.75, 3.05) is 13.2 Å². The quantitative estimate of drug-likeness (QED) is 0.762. The third-order valence-corrected chi connectivity index (χ3v) is 2.56. The number of rotatable bonds is 1. The van der Waals surface area contributed by atoms with E-state index in [-0.39, 0.29) is 0 Å². The van der Waals surface area contributed by atoms with Crippen molar-refractivity contribution >= 4 is 11.0 Å². The van der Waals surface area contributed by atoms with Gasteiger partial charge in [0.1, 0.15) is 25.1 Å². The largest absolute Gasteiger partial charge is 0.486 e. The van der Waals surface area contributed by atoms with Crippen molar-refractivity contribution in [2.45, 2.75) is 13.0 Å². The molecule has 0 fully saturated rings. The fourth-order valence-electron chi connectivity index (χ4n) is 1.76. The number of nitrogens with zero attached hydrogens (tertiary/aromatic N) is 1. The van der Waals surface area contributed by atoms with Crippen molar-refractivity contribution in [2.24, 2.45) is 0 Å². The number of aromatic amines is 1. The van der Waals surface area contributed by atoms with E-state index in [1.54, 1.807) is 6.92 Å². The standard InChI is InChI=1S/C11H12N2O3/c1-6(14)11-12-7-4-9-10(5-8(7)13-11)16-3-2-15-9/h4-6,14H,2-3H2,1H3,(H,12,13)/t6-/m0/s1. The van der Waals surface area contributed by atoms with Crippen LogP contribution in [-0.2, 0) is 0 Å². The highest BCUT2D eigenvalue weighted by Gasteiger charge is 2.15. The van der Waals surface area contributed by atoms with E-state index in [1.165, 1.54) is 0 Å². The van der Waals surface area contributed by atoms with E-state index < -0.39 is 6.10 Å². The zero-order chi connectivity index (χ0) is 11.1. The molecule has 0 saturated carbocycles. The van der Waals surface area contributed by atoms with Gasteiger partial charge in [-0.1, -0.05) is 0 Å². The van der Waals surface area contributed by atoms with Gasteiger partial charge in [-0.05, 0) is 6.92 Å². The number of aliphatic hydroxyl groups excluding tert-OH is 1. The third-order valence-electron chi connectivity index (χ3n) is 2.56. The molecule has 5 heteroatoms. The Morgan fingerprint density at radius 3 is 2.69 bits per heavy atom. The average molecular weight is 220 g/mol. The molecule has 84 valence electrons. The minimum atomic E-state index is -0.605. The monoisotopic (exact) mass is 220 g/mol. The fourth-order valence-corrected chi connectivity index (χ4v) is 1.76. The zero-order valence-electron chi connectivity index (χ0n) is 8.86. The van der Waals surface area contributed by atoms with Gasteiger partial charge in [-0.25, -0.2) is 4.98 Å². The molecular weight excluding hydrogens is 208 g/mol. The Bertz CT molecular complexity index is 490. The van der Waals surface area contributed by atoms with Crippen molar-refractivity contribution in [1.29, 1.82) is 0 Å². The van der Waals surface area contributed by atoms with Gasteiger partial charge in [0.05, 0.1) is 11.0 Å². The first-order chi connectivity index (χ1) is 7.74. The number of imidazole rings is 1. The van der Waals surface area contributed by atoms with Crippen LogP contribution in [0.5, 0.6) is 11.5 Å². The molecule has 0 spiro atoms. The predicted molar refractivity (Wildman–Crippen MR) is 57.7 cm³/mol. The zero-order valence-corrected chi connectivity index (χ0v) is 8.86. The lowest BCUT2D eigenvalue weighted by Gasteiger charge is -2.17. The first kappa shape index (κ1) is 9.47. The van der Waals surface area contributed by atoms with Crippen LogP contribution in [0.4, 0.5) is 0 Å². The summed E-state index contributed by atoms with van der Waals surface area (Å²) in [5, 5.41) is 9.43. The molecule has 0 bridgehead atoms. The molecule has 5 nitrogen and oxygen atoms in total. The lowest BCUT2D eigenvalue weighted by Crippen LogP contribution is -2.15. The minimum Gasteiger partial charge on any atom is -0.486 e. The summed E-state index contributed by atoms with van der Waals surface area (Å²) >= 11 is 0. The molecule has 0 unspecified atom stereocenters. The van der Waals surface area contributed by atoms with Crippen LogP contribution in [0.1, 0.15) is 18.9 Å². The molecule has 1 aromatic carbocycles. The van der Waals surface area contributed by atoms with E-state index in [0.717, 1.165) is 16.8 Å². The van der Waals surface area contributed by atoms with E-state index in [4.69, 9.17) is 9.47 Å². The molecule has 2 N–H and O–H groups in total. The Morgan fingerprint density at radius 2 is 2.00 bits per heavy atom. The number of ether oxygens (including phenoxy) is 2. The number of hydrogen-bond donors (Lipinski definition) is 2. The van der Waals surface area contributed by atoms with Gasteiger partial charge in [-0.15, -0.1) is 0 Å². The van der Waals surface area contributed by atoms with E-state index in [9.17, 15) is 5.11 Å². The molecule has 0 amide bonds. The highest BCUT2D eigenvalue weighted by atomic mass is 16.6. The molecular formula is C11H12N2O3. The number of nitrogens with one attached hydrogen (secondary N) is 1. The number of aromatic nitrogens is 2. The van der Waals surface area contributed by atoms with Crippen LogP contribution < -0.4 is 9.47 Å². The van der Waals surface area contributed by atoms with Gasteiger partial charge in [0.2, 0.25) is 0 Å². The molecule has 2 heterocycles. The maximum atomic E-state index is 9.43.